The van der Waals surface area contributed by atoms with Crippen molar-refractivity contribution in [3.8, 4) is 0 Å². The van der Waals surface area contributed by atoms with Crippen LogP contribution in [-0.2, 0) is 23.3 Å². The number of nitro benzene ring substituents is 1. The highest BCUT2D eigenvalue weighted by Gasteiger charge is 2.21. The number of amides is 1. The van der Waals surface area contributed by atoms with E-state index in [1.807, 2.05) is 20.8 Å². The van der Waals surface area contributed by atoms with E-state index < -0.39 is 10.7 Å². The topological polar surface area (TPSA) is 146 Å². The highest BCUT2D eigenvalue weighted by atomic mass is 16.6. The molecule has 154 valence electrons. The Hall–Kier alpha value is -3.50. The molecule has 3 rings (SSSR count). The van der Waals surface area contributed by atoms with E-state index in [1.54, 1.807) is 0 Å². The summed E-state index contributed by atoms with van der Waals surface area (Å²) in [6, 6.07) is 3.97. The molecule has 11 heteroatoms. The molecule has 0 atom stereocenters. The SMILES string of the molecule is CC(C)(C)c1nc(CNC(=O)CCCn2c(=O)oc3cc([N+](=O)[O-])ccc32)no1. The van der Waals surface area contributed by atoms with Crippen LogP contribution < -0.4 is 11.1 Å². The zero-order valence-electron chi connectivity index (χ0n) is 16.3. The minimum absolute atomic E-state index is 0.139. The standard InChI is InChI=1S/C18H21N5O6/c1-18(2,3)16-20-14(21-29-16)10-19-15(24)5-4-8-22-12-7-6-11(23(26)27)9-13(12)28-17(22)25/h6-7,9H,4-5,8,10H2,1-3H3,(H,19,24). The number of rotatable bonds is 7. The number of oxazole rings is 1. The van der Waals surface area contributed by atoms with Crippen molar-refractivity contribution in [1.82, 2.24) is 20.0 Å². The normalized spacial score (nSPS) is 11.7. The van der Waals surface area contributed by atoms with E-state index in [9.17, 15) is 19.7 Å². The van der Waals surface area contributed by atoms with Gasteiger partial charge in [0.25, 0.3) is 5.69 Å². The van der Waals surface area contributed by atoms with Crippen LogP contribution in [0.1, 0.15) is 45.3 Å². The summed E-state index contributed by atoms with van der Waals surface area (Å²) >= 11 is 0. The van der Waals surface area contributed by atoms with Gasteiger partial charge in [0.15, 0.2) is 11.4 Å². The molecule has 0 aliphatic carbocycles. The van der Waals surface area contributed by atoms with Crippen molar-refractivity contribution in [3.63, 3.8) is 0 Å². The number of aromatic nitrogens is 3. The Morgan fingerprint density at radius 2 is 2.10 bits per heavy atom. The van der Waals surface area contributed by atoms with Gasteiger partial charge in [0, 0.05) is 24.4 Å². The van der Waals surface area contributed by atoms with Crippen LogP contribution in [0.2, 0.25) is 0 Å². The lowest BCUT2D eigenvalue weighted by molar-refractivity contribution is -0.384. The van der Waals surface area contributed by atoms with E-state index in [0.29, 0.717) is 23.7 Å². The fourth-order valence-corrected chi connectivity index (χ4v) is 2.67. The van der Waals surface area contributed by atoms with Gasteiger partial charge in [-0.25, -0.2) is 4.79 Å². The number of hydrogen-bond acceptors (Lipinski definition) is 8. The Bertz CT molecular complexity index is 1100. The van der Waals surface area contributed by atoms with Gasteiger partial charge in [0.1, 0.15) is 0 Å². The molecule has 1 N–H and O–H groups in total. The van der Waals surface area contributed by atoms with Crippen LogP contribution in [0.15, 0.2) is 31.9 Å². The minimum atomic E-state index is -0.623. The predicted octanol–water partition coefficient (Wildman–Crippen LogP) is 2.28. The molecule has 0 saturated carbocycles. The molecule has 29 heavy (non-hydrogen) atoms. The number of benzene rings is 1. The molecule has 0 radical (unpaired) electrons. The summed E-state index contributed by atoms with van der Waals surface area (Å²) in [7, 11) is 0. The number of aryl methyl sites for hydroxylation is 1. The van der Waals surface area contributed by atoms with Gasteiger partial charge in [-0.1, -0.05) is 25.9 Å². The summed E-state index contributed by atoms with van der Waals surface area (Å²) in [5.41, 5.74) is 0.160. The fraction of sp³-hybridized carbons (Fsp3) is 0.444. The molecular formula is C18H21N5O6. The molecule has 0 saturated heterocycles. The zero-order chi connectivity index (χ0) is 21.2. The monoisotopic (exact) mass is 403 g/mol. The van der Waals surface area contributed by atoms with Gasteiger partial charge in [-0.2, -0.15) is 4.98 Å². The van der Waals surface area contributed by atoms with Crippen molar-refractivity contribution in [2.24, 2.45) is 0 Å². The van der Waals surface area contributed by atoms with E-state index in [0.717, 1.165) is 0 Å². The van der Waals surface area contributed by atoms with Crippen molar-refractivity contribution in [2.45, 2.75) is 52.1 Å². The zero-order valence-corrected chi connectivity index (χ0v) is 16.3. The molecule has 0 aliphatic rings. The number of nitro groups is 1. The first-order chi connectivity index (χ1) is 13.6. The molecule has 0 fully saturated rings. The predicted molar refractivity (Wildman–Crippen MR) is 101 cm³/mol. The van der Waals surface area contributed by atoms with E-state index in [1.165, 1.54) is 22.8 Å². The maximum absolute atomic E-state index is 12.0. The average Bonchev–Trinajstić information content (AvgIpc) is 3.24. The summed E-state index contributed by atoms with van der Waals surface area (Å²) in [5, 5.41) is 17.4. The highest BCUT2D eigenvalue weighted by molar-refractivity contribution is 5.76. The number of carbonyl (C=O) groups excluding carboxylic acids is 1. The highest BCUT2D eigenvalue weighted by Crippen LogP contribution is 2.21. The summed E-state index contributed by atoms with van der Waals surface area (Å²) in [5.74, 6) is 0.0427. The Morgan fingerprint density at radius 1 is 1.34 bits per heavy atom. The molecule has 11 nitrogen and oxygen atoms in total. The van der Waals surface area contributed by atoms with E-state index in [-0.39, 0.29) is 42.1 Å². The largest absolute Gasteiger partial charge is 0.419 e. The number of nitrogens with one attached hydrogen (secondary N) is 1. The first-order valence-electron chi connectivity index (χ1n) is 9.02. The molecular weight excluding hydrogens is 382 g/mol. The Labute approximate surface area is 164 Å². The van der Waals surface area contributed by atoms with E-state index in [2.05, 4.69) is 15.5 Å². The smallest absolute Gasteiger partial charge is 0.407 e. The van der Waals surface area contributed by atoms with Crippen LogP contribution in [0.5, 0.6) is 0 Å². The molecule has 0 spiro atoms. The van der Waals surface area contributed by atoms with Crippen molar-refractivity contribution in [2.75, 3.05) is 0 Å². The lowest BCUT2D eigenvalue weighted by Crippen LogP contribution is -2.24. The summed E-state index contributed by atoms with van der Waals surface area (Å²) in [6.45, 7) is 6.23. The lowest BCUT2D eigenvalue weighted by atomic mass is 9.97. The first kappa shape index (κ1) is 20.2. The van der Waals surface area contributed by atoms with Crippen LogP contribution in [-0.4, -0.2) is 25.5 Å². The van der Waals surface area contributed by atoms with Gasteiger partial charge in [-0.05, 0) is 12.5 Å². The maximum atomic E-state index is 12.0. The summed E-state index contributed by atoms with van der Waals surface area (Å²) in [6.07, 6.45) is 0.562. The number of fused-ring (bicyclic) bond motifs is 1. The third-order valence-electron chi connectivity index (χ3n) is 4.20. The second-order valence-corrected chi connectivity index (χ2v) is 7.57. The Kier molecular flexibility index (Phi) is 5.48. The van der Waals surface area contributed by atoms with Crippen LogP contribution in [0.25, 0.3) is 11.1 Å². The molecule has 0 unspecified atom stereocenters. The molecule has 2 aromatic heterocycles. The van der Waals surface area contributed by atoms with Crippen molar-refractivity contribution >= 4 is 22.7 Å². The minimum Gasteiger partial charge on any atom is -0.407 e. The number of carbonyl (C=O) groups is 1. The molecule has 0 bridgehead atoms. The van der Waals surface area contributed by atoms with Gasteiger partial charge in [0.2, 0.25) is 11.8 Å². The van der Waals surface area contributed by atoms with Crippen molar-refractivity contribution in [3.05, 3.63) is 50.6 Å². The van der Waals surface area contributed by atoms with Gasteiger partial charge in [-0.15, -0.1) is 0 Å². The van der Waals surface area contributed by atoms with Crippen LogP contribution >= 0.6 is 0 Å². The average molecular weight is 403 g/mol. The van der Waals surface area contributed by atoms with E-state index >= 15 is 0 Å². The number of non-ortho nitro benzene ring substituents is 1. The molecule has 1 aromatic carbocycles. The maximum Gasteiger partial charge on any atom is 0.419 e. The fourth-order valence-electron chi connectivity index (χ4n) is 2.67. The number of nitrogens with zero attached hydrogens (tertiary/aromatic N) is 4. The van der Waals surface area contributed by atoms with Crippen molar-refractivity contribution in [1.29, 1.82) is 0 Å². The lowest BCUT2D eigenvalue weighted by Gasteiger charge is -2.10. The van der Waals surface area contributed by atoms with Crippen LogP contribution in [0, 0.1) is 10.1 Å². The quantitative estimate of drug-likeness (QED) is 0.467. The molecule has 3 aromatic rings. The molecule has 1 amide bonds. The Morgan fingerprint density at radius 3 is 2.76 bits per heavy atom. The van der Waals surface area contributed by atoms with Gasteiger partial charge in [-0.3, -0.25) is 19.5 Å². The van der Waals surface area contributed by atoms with Crippen LogP contribution in [0.4, 0.5) is 5.69 Å². The molecule has 0 aliphatic heterocycles. The number of hydrogen-bond donors (Lipinski definition) is 1. The van der Waals surface area contributed by atoms with Gasteiger partial charge >= 0.3 is 5.76 Å². The van der Waals surface area contributed by atoms with Gasteiger partial charge < -0.3 is 14.3 Å². The van der Waals surface area contributed by atoms with Crippen LogP contribution in [0.3, 0.4) is 0 Å². The Balaban J connectivity index is 1.54. The van der Waals surface area contributed by atoms with E-state index in [4.69, 9.17) is 8.94 Å². The summed E-state index contributed by atoms with van der Waals surface area (Å²) < 4.78 is 11.6. The second-order valence-electron chi connectivity index (χ2n) is 7.57. The third kappa shape index (κ3) is 4.68. The third-order valence-corrected chi connectivity index (χ3v) is 4.20. The second kappa shape index (κ2) is 7.86. The summed E-state index contributed by atoms with van der Waals surface area (Å²) in [4.78, 5) is 38.5. The van der Waals surface area contributed by atoms with Crippen molar-refractivity contribution < 1.29 is 18.7 Å². The first-order valence-corrected chi connectivity index (χ1v) is 9.02. The molecule has 2 heterocycles. The van der Waals surface area contributed by atoms with Gasteiger partial charge in [0.05, 0.1) is 23.1 Å².